The van der Waals surface area contributed by atoms with Crippen LogP contribution < -0.4 is 14.8 Å². The van der Waals surface area contributed by atoms with E-state index in [1.165, 1.54) is 14.2 Å². The fourth-order valence-corrected chi connectivity index (χ4v) is 2.48. The molecule has 0 aromatic heterocycles. The van der Waals surface area contributed by atoms with Gasteiger partial charge >= 0.3 is 5.97 Å². The molecule has 6 heteroatoms. The predicted octanol–water partition coefficient (Wildman–Crippen LogP) is 3.03. The highest BCUT2D eigenvalue weighted by molar-refractivity contribution is 6.33. The lowest BCUT2D eigenvalue weighted by Crippen LogP contribution is -2.38. The summed E-state index contributed by atoms with van der Waals surface area (Å²) in [4.78, 5) is 11.8. The Labute approximate surface area is 136 Å². The van der Waals surface area contributed by atoms with Gasteiger partial charge in [-0.2, -0.15) is 0 Å². The lowest BCUT2D eigenvalue weighted by molar-refractivity contribution is -0.143. The van der Waals surface area contributed by atoms with E-state index in [0.717, 1.165) is 5.56 Å². The van der Waals surface area contributed by atoms with Crippen molar-refractivity contribution in [3.8, 4) is 11.5 Å². The second-order valence-corrected chi connectivity index (χ2v) is 5.74. The van der Waals surface area contributed by atoms with Crippen LogP contribution in [0.1, 0.15) is 25.8 Å². The Morgan fingerprint density at radius 1 is 1.23 bits per heavy atom. The number of ether oxygens (including phenoxy) is 3. The monoisotopic (exact) mass is 329 g/mol. The average Bonchev–Trinajstić information content (AvgIpc) is 2.50. The minimum Gasteiger partial charge on any atom is -0.493 e. The fourth-order valence-electron chi connectivity index (χ4n) is 2.18. The first-order valence-corrected chi connectivity index (χ1v) is 7.52. The standard InChI is InChI=1S/C16H24ClNO4/c1-10(2)8-12(16(19)22-5)18-9-11-6-7-13(20-3)15(21-4)14(11)17/h6-7,10,12,18H,8-9H2,1-5H3. The molecule has 0 aliphatic rings. The zero-order valence-corrected chi connectivity index (χ0v) is 14.5. The summed E-state index contributed by atoms with van der Waals surface area (Å²) >= 11 is 6.33. The topological polar surface area (TPSA) is 56.8 Å². The molecule has 0 bridgehead atoms. The van der Waals surface area contributed by atoms with Crippen molar-refractivity contribution in [2.24, 2.45) is 5.92 Å². The van der Waals surface area contributed by atoms with Gasteiger partial charge in [0.2, 0.25) is 0 Å². The summed E-state index contributed by atoms with van der Waals surface area (Å²) in [6.07, 6.45) is 0.692. The highest BCUT2D eigenvalue weighted by Crippen LogP contribution is 2.37. The van der Waals surface area contributed by atoms with Crippen molar-refractivity contribution >= 4 is 17.6 Å². The minimum atomic E-state index is -0.367. The molecular weight excluding hydrogens is 306 g/mol. The van der Waals surface area contributed by atoms with Gasteiger partial charge in [-0.1, -0.05) is 31.5 Å². The summed E-state index contributed by atoms with van der Waals surface area (Å²) in [5.41, 5.74) is 0.831. The van der Waals surface area contributed by atoms with Gasteiger partial charge < -0.3 is 19.5 Å². The van der Waals surface area contributed by atoms with Crippen LogP contribution in [0, 0.1) is 5.92 Å². The molecule has 0 spiro atoms. The lowest BCUT2D eigenvalue weighted by Gasteiger charge is -2.19. The van der Waals surface area contributed by atoms with Crippen molar-refractivity contribution in [3.63, 3.8) is 0 Å². The molecule has 124 valence electrons. The average molecular weight is 330 g/mol. The first kappa shape index (κ1) is 18.6. The van der Waals surface area contributed by atoms with E-state index < -0.39 is 0 Å². The molecule has 1 rings (SSSR count). The van der Waals surface area contributed by atoms with Gasteiger partial charge in [0.25, 0.3) is 0 Å². The Kier molecular flexibility index (Phi) is 7.48. The van der Waals surface area contributed by atoms with Crippen LogP contribution in [0.3, 0.4) is 0 Å². The molecule has 1 aromatic rings. The Morgan fingerprint density at radius 2 is 1.91 bits per heavy atom. The molecule has 22 heavy (non-hydrogen) atoms. The summed E-state index contributed by atoms with van der Waals surface area (Å²) in [7, 11) is 4.49. The maximum atomic E-state index is 11.8. The third-order valence-corrected chi connectivity index (χ3v) is 3.71. The number of carbonyl (C=O) groups excluding carboxylic acids is 1. The molecule has 1 unspecified atom stereocenters. The largest absolute Gasteiger partial charge is 0.493 e. The number of carbonyl (C=O) groups is 1. The fraction of sp³-hybridized carbons (Fsp3) is 0.562. The number of halogens is 1. The molecule has 0 aliphatic heterocycles. The van der Waals surface area contributed by atoms with Crippen LogP contribution >= 0.6 is 11.6 Å². The van der Waals surface area contributed by atoms with Crippen molar-refractivity contribution < 1.29 is 19.0 Å². The number of hydrogen-bond donors (Lipinski definition) is 1. The van der Waals surface area contributed by atoms with Crippen LogP contribution in [-0.4, -0.2) is 33.3 Å². The summed E-state index contributed by atoms with van der Waals surface area (Å²) in [6, 6.07) is 3.27. The minimum absolute atomic E-state index is 0.273. The third-order valence-electron chi connectivity index (χ3n) is 3.30. The van der Waals surface area contributed by atoms with Crippen molar-refractivity contribution in [2.45, 2.75) is 32.9 Å². The van der Waals surface area contributed by atoms with E-state index in [1.807, 2.05) is 6.07 Å². The smallest absolute Gasteiger partial charge is 0.322 e. The quantitative estimate of drug-likeness (QED) is 0.743. The molecule has 0 saturated heterocycles. The summed E-state index contributed by atoms with van der Waals surface area (Å²) in [5.74, 6) is 1.16. The molecule has 0 radical (unpaired) electrons. The Bertz CT molecular complexity index is 505. The van der Waals surface area contributed by atoms with E-state index in [2.05, 4.69) is 19.2 Å². The molecule has 1 N–H and O–H groups in total. The molecule has 0 fully saturated rings. The van der Waals surface area contributed by atoms with Crippen LogP contribution in [0.5, 0.6) is 11.5 Å². The van der Waals surface area contributed by atoms with Crippen LogP contribution in [0.2, 0.25) is 5.02 Å². The molecule has 1 aromatic carbocycles. The number of methoxy groups -OCH3 is 3. The molecular formula is C16H24ClNO4. The maximum absolute atomic E-state index is 11.8. The lowest BCUT2D eigenvalue weighted by atomic mass is 10.0. The number of benzene rings is 1. The van der Waals surface area contributed by atoms with Gasteiger partial charge in [0.15, 0.2) is 11.5 Å². The first-order chi connectivity index (χ1) is 10.4. The Morgan fingerprint density at radius 3 is 2.41 bits per heavy atom. The van der Waals surface area contributed by atoms with E-state index in [0.29, 0.717) is 35.4 Å². The Balaban J connectivity index is 2.87. The van der Waals surface area contributed by atoms with Crippen molar-refractivity contribution in [2.75, 3.05) is 21.3 Å². The molecule has 5 nitrogen and oxygen atoms in total. The van der Waals surface area contributed by atoms with E-state index in [9.17, 15) is 4.79 Å². The first-order valence-electron chi connectivity index (χ1n) is 7.15. The van der Waals surface area contributed by atoms with Gasteiger partial charge in [-0.25, -0.2) is 0 Å². The molecule has 0 heterocycles. The van der Waals surface area contributed by atoms with Gasteiger partial charge in [-0.3, -0.25) is 4.79 Å². The van der Waals surface area contributed by atoms with Gasteiger partial charge in [-0.05, 0) is 24.0 Å². The number of nitrogens with one attached hydrogen (secondary N) is 1. The van der Waals surface area contributed by atoms with Crippen molar-refractivity contribution in [3.05, 3.63) is 22.7 Å². The number of rotatable bonds is 8. The summed E-state index contributed by atoms with van der Waals surface area (Å²) < 4.78 is 15.3. The van der Waals surface area contributed by atoms with Crippen LogP contribution in [0.25, 0.3) is 0 Å². The summed E-state index contributed by atoms with van der Waals surface area (Å²) in [6.45, 7) is 4.55. The highest BCUT2D eigenvalue weighted by Gasteiger charge is 2.21. The maximum Gasteiger partial charge on any atom is 0.322 e. The van der Waals surface area contributed by atoms with Gasteiger partial charge in [-0.15, -0.1) is 0 Å². The molecule has 0 amide bonds. The van der Waals surface area contributed by atoms with E-state index in [-0.39, 0.29) is 12.0 Å². The second-order valence-electron chi connectivity index (χ2n) is 5.36. The van der Waals surface area contributed by atoms with E-state index in [4.69, 9.17) is 25.8 Å². The predicted molar refractivity (Wildman–Crippen MR) is 86.7 cm³/mol. The Hall–Kier alpha value is -1.46. The van der Waals surface area contributed by atoms with Crippen LogP contribution in [-0.2, 0) is 16.1 Å². The van der Waals surface area contributed by atoms with Crippen LogP contribution in [0.4, 0.5) is 0 Å². The van der Waals surface area contributed by atoms with Gasteiger partial charge in [0.1, 0.15) is 6.04 Å². The molecule has 0 saturated carbocycles. The highest BCUT2D eigenvalue weighted by atomic mass is 35.5. The zero-order chi connectivity index (χ0) is 16.7. The van der Waals surface area contributed by atoms with Crippen molar-refractivity contribution in [1.82, 2.24) is 5.32 Å². The number of hydrogen-bond acceptors (Lipinski definition) is 5. The van der Waals surface area contributed by atoms with Crippen molar-refractivity contribution in [1.29, 1.82) is 0 Å². The SMILES string of the molecule is COC(=O)C(CC(C)C)NCc1ccc(OC)c(OC)c1Cl. The number of esters is 1. The third kappa shape index (κ3) is 4.78. The van der Waals surface area contributed by atoms with Crippen LogP contribution in [0.15, 0.2) is 12.1 Å². The van der Waals surface area contributed by atoms with E-state index >= 15 is 0 Å². The molecule has 1 atom stereocenters. The van der Waals surface area contributed by atoms with Gasteiger partial charge in [0.05, 0.1) is 26.4 Å². The summed E-state index contributed by atoms with van der Waals surface area (Å²) in [5, 5.41) is 3.67. The van der Waals surface area contributed by atoms with Gasteiger partial charge in [0, 0.05) is 6.54 Å². The van der Waals surface area contributed by atoms with E-state index in [1.54, 1.807) is 13.2 Å². The normalized spacial score (nSPS) is 12.1. The molecule has 0 aliphatic carbocycles. The zero-order valence-electron chi connectivity index (χ0n) is 13.7. The second kappa shape index (κ2) is 8.86.